The smallest absolute Gasteiger partial charge is 0.315 e. The number of nitrogens with two attached hydrogens (primary N) is 1. The predicted molar refractivity (Wildman–Crippen MR) is 168 cm³/mol. The molecule has 1 saturated heterocycles. The summed E-state index contributed by atoms with van der Waals surface area (Å²) in [5, 5.41) is 8.01. The molecule has 0 aromatic rings. The number of nitrogens with one attached hydrogen (secondary N) is 3. The lowest BCUT2D eigenvalue weighted by Gasteiger charge is -2.35. The van der Waals surface area contributed by atoms with Gasteiger partial charge in [-0.2, -0.15) is 0 Å². The number of likely N-dealkylation sites (N-methyl/N-ethyl adjacent to an activating group) is 1. The topological polar surface area (TPSA) is 171 Å². The van der Waals surface area contributed by atoms with Gasteiger partial charge in [0.15, 0.2) is 0 Å². The van der Waals surface area contributed by atoms with E-state index >= 15 is 0 Å². The monoisotopic (exact) mass is 620 g/mol. The van der Waals surface area contributed by atoms with E-state index < -0.39 is 53.1 Å². The molecule has 0 radical (unpaired) electrons. The summed E-state index contributed by atoms with van der Waals surface area (Å²) in [5.41, 5.74) is 4.55. The third-order valence-corrected chi connectivity index (χ3v) is 8.57. The summed E-state index contributed by atoms with van der Waals surface area (Å²) in [5.74, 6) is -2.40. The standard InChI is InChI=1S/C29H48N6O6.C3H8/c1-16(2)18-13-21(26(39)32-20(23(37)25(30)38)12-9-17-7-8-17)35(15-18)27(40)24(29(3,4)5)33-28(41)31-14-22(36)34(6)19-10-11-19;1-3-2/h16-21,24H,7-15H2,1-6H3,(H2,30,38)(H,32,39)(H2,31,33,41);3H2,1-2H3/t18-,20?,21?,24?;/m1./s1. The van der Waals surface area contributed by atoms with Crippen molar-refractivity contribution in [3.63, 3.8) is 0 Å². The molecule has 0 bridgehead atoms. The van der Waals surface area contributed by atoms with Gasteiger partial charge in [-0.1, -0.05) is 67.7 Å². The summed E-state index contributed by atoms with van der Waals surface area (Å²) in [6.07, 6.45) is 6.69. The van der Waals surface area contributed by atoms with Gasteiger partial charge in [-0.3, -0.25) is 24.0 Å². The van der Waals surface area contributed by atoms with Crippen LogP contribution < -0.4 is 21.7 Å². The number of amides is 6. The Morgan fingerprint density at radius 2 is 1.57 bits per heavy atom. The lowest BCUT2D eigenvalue weighted by atomic mass is 9.85. The molecule has 12 nitrogen and oxygen atoms in total. The van der Waals surface area contributed by atoms with Crippen molar-refractivity contribution < 1.29 is 28.8 Å². The molecule has 12 heteroatoms. The van der Waals surface area contributed by atoms with E-state index in [0.717, 1.165) is 25.7 Å². The molecule has 250 valence electrons. The van der Waals surface area contributed by atoms with Crippen LogP contribution in [0.4, 0.5) is 4.79 Å². The van der Waals surface area contributed by atoms with Crippen LogP contribution in [0.5, 0.6) is 0 Å². The molecule has 2 saturated carbocycles. The summed E-state index contributed by atoms with van der Waals surface area (Å²) in [7, 11) is 1.71. The van der Waals surface area contributed by atoms with Gasteiger partial charge in [-0.25, -0.2) is 4.79 Å². The Bertz CT molecular complexity index is 1050. The average Bonchev–Trinajstić information content (AvgIpc) is 3.88. The highest BCUT2D eigenvalue weighted by atomic mass is 16.2. The zero-order valence-electron chi connectivity index (χ0n) is 28.0. The van der Waals surface area contributed by atoms with Crippen molar-refractivity contribution in [1.29, 1.82) is 0 Å². The number of rotatable bonds is 13. The quantitative estimate of drug-likeness (QED) is 0.230. The van der Waals surface area contributed by atoms with E-state index in [4.69, 9.17) is 5.73 Å². The summed E-state index contributed by atoms with van der Waals surface area (Å²) in [4.78, 5) is 80.0. The Balaban J connectivity index is 0.00000216. The van der Waals surface area contributed by atoms with Crippen LogP contribution in [-0.4, -0.2) is 89.5 Å². The first-order valence-electron chi connectivity index (χ1n) is 16.3. The Kier molecular flexibility index (Phi) is 13.6. The first-order valence-corrected chi connectivity index (χ1v) is 16.3. The van der Waals surface area contributed by atoms with Gasteiger partial charge in [0.1, 0.15) is 12.1 Å². The molecule has 6 amide bonds. The number of primary amides is 1. The molecule has 1 aliphatic heterocycles. The van der Waals surface area contributed by atoms with Crippen LogP contribution in [-0.2, 0) is 24.0 Å². The number of urea groups is 1. The van der Waals surface area contributed by atoms with Gasteiger partial charge < -0.3 is 31.5 Å². The molecule has 44 heavy (non-hydrogen) atoms. The molecule has 0 spiro atoms. The highest BCUT2D eigenvalue weighted by Crippen LogP contribution is 2.35. The molecule has 5 N–H and O–H groups in total. The van der Waals surface area contributed by atoms with E-state index in [1.165, 1.54) is 11.3 Å². The largest absolute Gasteiger partial charge is 0.363 e. The van der Waals surface area contributed by atoms with Crippen molar-refractivity contribution in [3.05, 3.63) is 0 Å². The minimum absolute atomic E-state index is 0.0245. The second-order valence-corrected chi connectivity index (χ2v) is 14.1. The molecular weight excluding hydrogens is 564 g/mol. The van der Waals surface area contributed by atoms with Gasteiger partial charge in [0.2, 0.25) is 23.5 Å². The van der Waals surface area contributed by atoms with E-state index in [1.54, 1.807) is 11.9 Å². The zero-order chi connectivity index (χ0) is 33.4. The van der Waals surface area contributed by atoms with Crippen molar-refractivity contribution in [3.8, 4) is 0 Å². The SMILES string of the molecule is CC(C)[C@@H]1CC(C(=O)NC(CCC2CC2)C(=O)C(N)=O)N(C(=O)C(NC(=O)NCC(=O)N(C)C2CC2)C(C)(C)C)C1.CCC. The lowest BCUT2D eigenvalue weighted by Crippen LogP contribution is -2.60. The number of carbonyl (C=O) groups excluding carboxylic acids is 6. The molecular formula is C32H56N6O6. The number of hydrogen-bond acceptors (Lipinski definition) is 6. The number of carbonyl (C=O) groups is 6. The number of nitrogens with zero attached hydrogens (tertiary/aromatic N) is 2. The highest BCUT2D eigenvalue weighted by Gasteiger charge is 2.46. The van der Waals surface area contributed by atoms with Crippen LogP contribution in [0.15, 0.2) is 0 Å². The van der Waals surface area contributed by atoms with Gasteiger partial charge in [0.25, 0.3) is 5.91 Å². The van der Waals surface area contributed by atoms with Gasteiger partial charge in [-0.05, 0) is 55.3 Å². The summed E-state index contributed by atoms with van der Waals surface area (Å²) >= 11 is 0. The molecule has 2 aliphatic carbocycles. The summed E-state index contributed by atoms with van der Waals surface area (Å²) in [6.45, 7) is 13.8. The Morgan fingerprint density at radius 1 is 0.977 bits per heavy atom. The normalized spacial score (nSPS) is 21.0. The van der Waals surface area contributed by atoms with Crippen molar-refractivity contribution in [2.45, 2.75) is 124 Å². The Morgan fingerprint density at radius 3 is 2.05 bits per heavy atom. The van der Waals surface area contributed by atoms with Crippen LogP contribution in [0.3, 0.4) is 0 Å². The Labute approximate surface area is 263 Å². The molecule has 3 unspecified atom stereocenters. The molecule has 3 rings (SSSR count). The van der Waals surface area contributed by atoms with E-state index in [2.05, 4.69) is 29.8 Å². The maximum absolute atomic E-state index is 14.0. The molecule has 0 aromatic heterocycles. The third kappa shape index (κ3) is 11.1. The summed E-state index contributed by atoms with van der Waals surface area (Å²) < 4.78 is 0. The second kappa shape index (κ2) is 16.2. The second-order valence-electron chi connectivity index (χ2n) is 14.1. The number of Topliss-reactive ketones (excluding diaryl/α,β-unsaturated/α-hetero) is 1. The van der Waals surface area contributed by atoms with Crippen molar-refractivity contribution in [2.75, 3.05) is 20.1 Å². The molecule has 4 atom stereocenters. The van der Waals surface area contributed by atoms with Crippen LogP contribution in [0, 0.1) is 23.2 Å². The van der Waals surface area contributed by atoms with Crippen LogP contribution in [0.25, 0.3) is 0 Å². The number of hydrogen-bond donors (Lipinski definition) is 4. The van der Waals surface area contributed by atoms with Gasteiger partial charge in [-0.15, -0.1) is 0 Å². The maximum Gasteiger partial charge on any atom is 0.315 e. The molecule has 3 aliphatic rings. The van der Waals surface area contributed by atoms with E-state index in [1.807, 2.05) is 34.6 Å². The van der Waals surface area contributed by atoms with Crippen molar-refractivity contribution in [1.82, 2.24) is 25.8 Å². The van der Waals surface area contributed by atoms with E-state index in [9.17, 15) is 28.8 Å². The fourth-order valence-electron chi connectivity index (χ4n) is 5.30. The summed E-state index contributed by atoms with van der Waals surface area (Å²) in [6, 6.07) is -3.33. The fourth-order valence-corrected chi connectivity index (χ4v) is 5.30. The zero-order valence-corrected chi connectivity index (χ0v) is 28.0. The van der Waals surface area contributed by atoms with Crippen LogP contribution in [0.1, 0.15) is 99.8 Å². The van der Waals surface area contributed by atoms with Crippen LogP contribution in [0.2, 0.25) is 0 Å². The van der Waals surface area contributed by atoms with Crippen molar-refractivity contribution in [2.24, 2.45) is 28.9 Å². The fraction of sp³-hybridized carbons (Fsp3) is 0.812. The number of ketones is 1. The minimum Gasteiger partial charge on any atom is -0.363 e. The van der Waals surface area contributed by atoms with E-state index in [-0.39, 0.29) is 30.3 Å². The maximum atomic E-state index is 14.0. The van der Waals surface area contributed by atoms with Gasteiger partial charge in [0, 0.05) is 19.6 Å². The number of likely N-dealkylation sites (tertiary alicyclic amines) is 1. The van der Waals surface area contributed by atoms with Crippen molar-refractivity contribution >= 4 is 35.4 Å². The van der Waals surface area contributed by atoms with Gasteiger partial charge >= 0.3 is 6.03 Å². The van der Waals surface area contributed by atoms with Gasteiger partial charge in [0.05, 0.1) is 12.6 Å². The van der Waals surface area contributed by atoms with Crippen LogP contribution >= 0.6 is 0 Å². The molecule has 0 aromatic carbocycles. The third-order valence-electron chi connectivity index (χ3n) is 8.57. The molecule has 1 heterocycles. The first-order chi connectivity index (χ1) is 20.5. The highest BCUT2D eigenvalue weighted by molar-refractivity contribution is 6.37. The van der Waals surface area contributed by atoms with E-state index in [0.29, 0.717) is 31.7 Å². The predicted octanol–water partition coefficient (Wildman–Crippen LogP) is 2.34. The minimum atomic E-state index is -1.10. The Hall–Kier alpha value is -3.18. The molecule has 3 fully saturated rings. The first kappa shape index (κ1) is 37.0. The lowest BCUT2D eigenvalue weighted by molar-refractivity contribution is -0.143. The average molecular weight is 621 g/mol.